The molecule has 0 unspecified atom stereocenters. The third kappa shape index (κ3) is 2.21. The van der Waals surface area contributed by atoms with E-state index in [1.54, 1.807) is 0 Å². The van der Waals surface area contributed by atoms with E-state index in [2.05, 4.69) is 13.0 Å². The van der Waals surface area contributed by atoms with Crippen molar-refractivity contribution in [2.75, 3.05) is 0 Å². The second-order valence-corrected chi connectivity index (χ2v) is 5.14. The van der Waals surface area contributed by atoms with Crippen LogP contribution in [0.25, 0.3) is 0 Å². The lowest BCUT2D eigenvalue weighted by Gasteiger charge is -2.25. The van der Waals surface area contributed by atoms with Gasteiger partial charge in [0.2, 0.25) is 0 Å². The second-order valence-electron chi connectivity index (χ2n) is 5.14. The van der Waals surface area contributed by atoms with Gasteiger partial charge in [0, 0.05) is 5.56 Å². The number of carbonyl (C=O) groups excluding carboxylic acids is 1. The Bertz CT molecular complexity index is 553. The van der Waals surface area contributed by atoms with E-state index >= 15 is 0 Å². The van der Waals surface area contributed by atoms with Gasteiger partial charge in [-0.25, -0.2) is 0 Å². The first-order valence-electron chi connectivity index (χ1n) is 6.19. The first-order valence-corrected chi connectivity index (χ1v) is 6.19. The van der Waals surface area contributed by atoms with Crippen molar-refractivity contribution in [2.24, 2.45) is 0 Å². The summed E-state index contributed by atoms with van der Waals surface area (Å²) in [5, 5.41) is 0. The van der Waals surface area contributed by atoms with Crippen LogP contribution in [0.5, 0.6) is 0 Å². The smallest absolute Gasteiger partial charge is 0.172 e. The summed E-state index contributed by atoms with van der Waals surface area (Å²) in [6.07, 6.45) is 0. The minimum absolute atomic E-state index is 0.164. The molecule has 2 aromatic rings. The SMILES string of the molecule is Cc1ccccc1C(C)(C)C(=O)c1ccccc1. The number of benzene rings is 2. The molecule has 0 radical (unpaired) electrons. The normalized spacial score (nSPS) is 11.3. The van der Waals surface area contributed by atoms with Crippen LogP contribution in [-0.2, 0) is 5.41 Å². The standard InChI is InChI=1S/C17H18O/c1-13-9-7-8-12-15(13)17(2,3)16(18)14-10-5-4-6-11-14/h4-12H,1-3H3. The number of rotatable bonds is 3. The summed E-state index contributed by atoms with van der Waals surface area (Å²) in [4.78, 5) is 12.6. The third-order valence-electron chi connectivity index (χ3n) is 3.42. The Labute approximate surface area is 108 Å². The van der Waals surface area contributed by atoms with E-state index < -0.39 is 5.41 Å². The Kier molecular flexibility index (Phi) is 3.33. The van der Waals surface area contributed by atoms with E-state index in [0.717, 1.165) is 16.7 Å². The van der Waals surface area contributed by atoms with Crippen LogP contribution in [-0.4, -0.2) is 5.78 Å². The monoisotopic (exact) mass is 238 g/mol. The molecule has 2 aromatic carbocycles. The molecule has 1 heteroatoms. The van der Waals surface area contributed by atoms with Crippen molar-refractivity contribution in [1.29, 1.82) is 0 Å². The zero-order valence-corrected chi connectivity index (χ0v) is 11.1. The van der Waals surface area contributed by atoms with Crippen molar-refractivity contribution < 1.29 is 4.79 Å². The maximum Gasteiger partial charge on any atom is 0.172 e. The van der Waals surface area contributed by atoms with Crippen molar-refractivity contribution in [2.45, 2.75) is 26.2 Å². The summed E-state index contributed by atoms with van der Waals surface area (Å²) in [5.74, 6) is 0.164. The molecule has 1 nitrogen and oxygen atoms in total. The topological polar surface area (TPSA) is 17.1 Å². The first kappa shape index (κ1) is 12.6. The lowest BCUT2D eigenvalue weighted by molar-refractivity contribution is 0.0908. The summed E-state index contributed by atoms with van der Waals surface area (Å²) in [7, 11) is 0. The van der Waals surface area contributed by atoms with E-state index in [4.69, 9.17) is 0 Å². The van der Waals surface area contributed by atoms with Crippen LogP contribution in [0, 0.1) is 6.92 Å². The van der Waals surface area contributed by atoms with E-state index in [1.165, 1.54) is 0 Å². The molecule has 0 fully saturated rings. The van der Waals surface area contributed by atoms with Crippen molar-refractivity contribution in [3.63, 3.8) is 0 Å². The number of carbonyl (C=O) groups is 1. The summed E-state index contributed by atoms with van der Waals surface area (Å²) < 4.78 is 0. The van der Waals surface area contributed by atoms with Crippen LogP contribution in [0.3, 0.4) is 0 Å². The Morgan fingerprint density at radius 1 is 0.889 bits per heavy atom. The van der Waals surface area contributed by atoms with Gasteiger partial charge in [-0.15, -0.1) is 0 Å². The van der Waals surface area contributed by atoms with E-state index in [9.17, 15) is 4.79 Å². The second kappa shape index (κ2) is 4.77. The lowest BCUT2D eigenvalue weighted by Crippen LogP contribution is -2.29. The Balaban J connectivity index is 2.44. The zero-order chi connectivity index (χ0) is 13.2. The van der Waals surface area contributed by atoms with Crippen LogP contribution >= 0.6 is 0 Å². The van der Waals surface area contributed by atoms with Crippen LogP contribution < -0.4 is 0 Å². The Morgan fingerprint density at radius 2 is 1.44 bits per heavy atom. The van der Waals surface area contributed by atoms with Gasteiger partial charge in [0.05, 0.1) is 5.41 Å². The van der Waals surface area contributed by atoms with Gasteiger partial charge in [0.25, 0.3) is 0 Å². The molecule has 0 amide bonds. The highest BCUT2D eigenvalue weighted by atomic mass is 16.1. The predicted molar refractivity (Wildman–Crippen MR) is 75.0 cm³/mol. The van der Waals surface area contributed by atoms with Gasteiger partial charge < -0.3 is 0 Å². The van der Waals surface area contributed by atoms with Gasteiger partial charge in [-0.05, 0) is 31.9 Å². The quantitative estimate of drug-likeness (QED) is 0.734. The molecule has 0 aliphatic heterocycles. The molecule has 0 bridgehead atoms. The fourth-order valence-electron chi connectivity index (χ4n) is 2.35. The number of hydrogen-bond donors (Lipinski definition) is 0. The fourth-order valence-corrected chi connectivity index (χ4v) is 2.35. The molecule has 0 atom stereocenters. The molecule has 0 aliphatic rings. The lowest BCUT2D eigenvalue weighted by atomic mass is 9.76. The van der Waals surface area contributed by atoms with Crippen LogP contribution in [0.4, 0.5) is 0 Å². The maximum atomic E-state index is 12.6. The zero-order valence-electron chi connectivity index (χ0n) is 11.1. The number of Topliss-reactive ketones (excluding diaryl/α,β-unsaturated/α-hetero) is 1. The van der Waals surface area contributed by atoms with Crippen molar-refractivity contribution in [3.8, 4) is 0 Å². The van der Waals surface area contributed by atoms with Gasteiger partial charge >= 0.3 is 0 Å². The van der Waals surface area contributed by atoms with Crippen molar-refractivity contribution in [3.05, 3.63) is 71.3 Å². The molecule has 0 aliphatic carbocycles. The molecule has 0 N–H and O–H groups in total. The average molecular weight is 238 g/mol. The summed E-state index contributed by atoms with van der Waals surface area (Å²) in [6.45, 7) is 6.03. The minimum Gasteiger partial charge on any atom is -0.293 e. The predicted octanol–water partition coefficient (Wildman–Crippen LogP) is 4.16. The summed E-state index contributed by atoms with van der Waals surface area (Å²) >= 11 is 0. The van der Waals surface area contributed by atoms with Gasteiger partial charge in [-0.1, -0.05) is 54.6 Å². The largest absolute Gasteiger partial charge is 0.293 e. The highest BCUT2D eigenvalue weighted by Gasteiger charge is 2.31. The number of aryl methyl sites for hydroxylation is 1. The van der Waals surface area contributed by atoms with Gasteiger partial charge in [-0.3, -0.25) is 4.79 Å². The molecule has 0 spiro atoms. The molecule has 0 saturated carbocycles. The van der Waals surface area contributed by atoms with Crippen LogP contribution in [0.2, 0.25) is 0 Å². The van der Waals surface area contributed by atoms with Crippen molar-refractivity contribution >= 4 is 5.78 Å². The van der Waals surface area contributed by atoms with Gasteiger partial charge in [0.15, 0.2) is 5.78 Å². The highest BCUT2D eigenvalue weighted by molar-refractivity contribution is 6.03. The molecule has 92 valence electrons. The molecule has 0 saturated heterocycles. The molecule has 0 aromatic heterocycles. The molecule has 0 heterocycles. The Morgan fingerprint density at radius 3 is 2.06 bits per heavy atom. The van der Waals surface area contributed by atoms with E-state index in [-0.39, 0.29) is 5.78 Å². The van der Waals surface area contributed by atoms with Gasteiger partial charge in [0.1, 0.15) is 0 Å². The molecule has 18 heavy (non-hydrogen) atoms. The molecular weight excluding hydrogens is 220 g/mol. The van der Waals surface area contributed by atoms with Gasteiger partial charge in [-0.2, -0.15) is 0 Å². The number of hydrogen-bond acceptors (Lipinski definition) is 1. The third-order valence-corrected chi connectivity index (χ3v) is 3.42. The minimum atomic E-state index is -0.493. The highest BCUT2D eigenvalue weighted by Crippen LogP contribution is 2.29. The maximum absolute atomic E-state index is 12.6. The van der Waals surface area contributed by atoms with Crippen LogP contribution in [0.15, 0.2) is 54.6 Å². The Hall–Kier alpha value is -1.89. The van der Waals surface area contributed by atoms with E-state index in [0.29, 0.717) is 0 Å². The molecule has 2 rings (SSSR count). The van der Waals surface area contributed by atoms with Crippen molar-refractivity contribution in [1.82, 2.24) is 0 Å². The molecular formula is C17H18O. The number of ketones is 1. The van der Waals surface area contributed by atoms with Crippen LogP contribution in [0.1, 0.15) is 35.3 Å². The first-order chi connectivity index (χ1) is 8.53. The summed E-state index contributed by atoms with van der Waals surface area (Å²) in [5.41, 5.74) is 2.53. The fraction of sp³-hybridized carbons (Fsp3) is 0.235. The average Bonchev–Trinajstić information content (AvgIpc) is 2.39. The van der Waals surface area contributed by atoms with E-state index in [1.807, 2.05) is 62.4 Å². The summed E-state index contributed by atoms with van der Waals surface area (Å²) in [6, 6.07) is 17.6.